The van der Waals surface area contributed by atoms with Gasteiger partial charge in [-0.1, -0.05) is 41.4 Å². The van der Waals surface area contributed by atoms with Crippen molar-refractivity contribution in [1.82, 2.24) is 9.29 Å². The van der Waals surface area contributed by atoms with Gasteiger partial charge in [-0.3, -0.25) is 4.79 Å². The van der Waals surface area contributed by atoms with Gasteiger partial charge in [0, 0.05) is 24.5 Å². The van der Waals surface area contributed by atoms with E-state index in [2.05, 4.69) is 34.6 Å². The van der Waals surface area contributed by atoms with Crippen LogP contribution in [-0.4, -0.2) is 37.2 Å². The van der Waals surface area contributed by atoms with E-state index in [-0.39, 0.29) is 10.8 Å². The predicted molar refractivity (Wildman–Crippen MR) is 114 cm³/mol. The lowest BCUT2D eigenvalue weighted by Crippen LogP contribution is -2.34. The minimum absolute atomic E-state index is 0.0995. The normalized spacial score (nSPS) is 11.7. The topological polar surface area (TPSA) is 79.4 Å². The number of hydrogen-bond donors (Lipinski definition) is 1. The molecule has 0 aliphatic heterocycles. The van der Waals surface area contributed by atoms with Gasteiger partial charge in [-0.25, -0.2) is 13.4 Å². The van der Waals surface area contributed by atoms with Crippen LogP contribution in [0.3, 0.4) is 0 Å². The van der Waals surface area contributed by atoms with Gasteiger partial charge >= 0.3 is 0 Å². The van der Waals surface area contributed by atoms with Crippen LogP contribution in [0.4, 0.5) is 5.13 Å². The molecule has 0 spiro atoms. The lowest BCUT2D eigenvalue weighted by molar-refractivity contribution is -0.116. The molecule has 1 amide bonds. The van der Waals surface area contributed by atoms with Crippen LogP contribution < -0.4 is 5.32 Å². The van der Waals surface area contributed by atoms with E-state index in [1.165, 1.54) is 36.1 Å². The molecule has 0 saturated carbocycles. The first-order valence-corrected chi connectivity index (χ1v) is 11.7. The molecule has 0 atom stereocenters. The molecule has 6 nitrogen and oxygen atoms in total. The maximum absolute atomic E-state index is 12.4. The largest absolute Gasteiger partial charge is 0.301 e. The number of halogens is 1. The quantitative estimate of drug-likeness (QED) is 0.583. The molecular weight excluding hydrogens is 438 g/mol. The van der Waals surface area contributed by atoms with Gasteiger partial charge in [0.1, 0.15) is 4.21 Å². The van der Waals surface area contributed by atoms with Crippen molar-refractivity contribution in [3.63, 3.8) is 0 Å². The molecule has 0 saturated heterocycles. The summed E-state index contributed by atoms with van der Waals surface area (Å²) in [6.45, 7) is 1.72. The summed E-state index contributed by atoms with van der Waals surface area (Å²) >= 11 is 8.12. The Morgan fingerprint density at radius 3 is 2.54 bits per heavy atom. The Bertz CT molecular complexity index is 1070. The monoisotopic (exact) mass is 455 g/mol. The molecule has 10 heteroatoms. The standard InChI is InChI=1S/C18H18ClN3O3S3/c1-12-3-5-13(6-4-12)9-14-10-20-18(26-14)21-16(23)11-22(2)28(24,25)17-8-7-15(19)27-17/h3-8,10H,9,11H2,1-2H3,(H,20,21,23). The summed E-state index contributed by atoms with van der Waals surface area (Å²) in [7, 11) is -2.40. The molecule has 28 heavy (non-hydrogen) atoms. The first-order chi connectivity index (χ1) is 13.2. The SMILES string of the molecule is Cc1ccc(Cc2cnc(NC(=O)CN(C)S(=O)(=O)c3ccc(Cl)s3)s2)cc1. The van der Waals surface area contributed by atoms with Crippen molar-refractivity contribution in [3.05, 3.63) is 62.9 Å². The van der Waals surface area contributed by atoms with E-state index in [1.807, 2.05) is 6.92 Å². The lowest BCUT2D eigenvalue weighted by Gasteiger charge is -2.14. The zero-order valence-electron chi connectivity index (χ0n) is 15.2. The Morgan fingerprint density at radius 1 is 1.18 bits per heavy atom. The minimum Gasteiger partial charge on any atom is -0.301 e. The van der Waals surface area contributed by atoms with Crippen LogP contribution in [0, 0.1) is 6.92 Å². The van der Waals surface area contributed by atoms with E-state index < -0.39 is 15.9 Å². The Morgan fingerprint density at radius 2 is 1.89 bits per heavy atom. The number of rotatable bonds is 7. The summed E-state index contributed by atoms with van der Waals surface area (Å²) in [4.78, 5) is 17.4. The third-order valence-electron chi connectivity index (χ3n) is 3.88. The van der Waals surface area contributed by atoms with Gasteiger partial charge in [-0.2, -0.15) is 4.31 Å². The third-order valence-corrected chi connectivity index (χ3v) is 8.29. The van der Waals surface area contributed by atoms with Crippen LogP contribution in [-0.2, 0) is 21.2 Å². The smallest absolute Gasteiger partial charge is 0.252 e. The van der Waals surface area contributed by atoms with Crippen molar-refractivity contribution < 1.29 is 13.2 Å². The molecule has 0 bridgehead atoms. The number of amides is 1. The molecule has 3 rings (SSSR count). The number of sulfonamides is 1. The fourth-order valence-electron chi connectivity index (χ4n) is 2.39. The molecule has 1 aromatic carbocycles. The van der Waals surface area contributed by atoms with Gasteiger partial charge < -0.3 is 5.32 Å². The Labute approximate surface area is 176 Å². The van der Waals surface area contributed by atoms with Crippen molar-refractivity contribution in [2.24, 2.45) is 0 Å². The summed E-state index contributed by atoms with van der Waals surface area (Å²) in [6.07, 6.45) is 2.44. The second kappa shape index (κ2) is 8.71. The van der Waals surface area contributed by atoms with Crippen molar-refractivity contribution in [2.75, 3.05) is 18.9 Å². The number of carbonyl (C=O) groups excluding carboxylic acids is 1. The third kappa shape index (κ3) is 5.18. The van der Waals surface area contributed by atoms with Gasteiger partial charge in [-0.05, 0) is 24.6 Å². The number of nitrogens with one attached hydrogen (secondary N) is 1. The highest BCUT2D eigenvalue weighted by atomic mass is 35.5. The van der Waals surface area contributed by atoms with Gasteiger partial charge in [0.15, 0.2) is 5.13 Å². The maximum Gasteiger partial charge on any atom is 0.252 e. The van der Waals surface area contributed by atoms with Crippen molar-refractivity contribution in [1.29, 1.82) is 0 Å². The summed E-state index contributed by atoms with van der Waals surface area (Å²) in [5, 5.41) is 3.10. The second-order valence-corrected chi connectivity index (χ2v) is 11.3. The Hall–Kier alpha value is -1.78. The van der Waals surface area contributed by atoms with E-state index in [4.69, 9.17) is 11.6 Å². The zero-order valence-corrected chi connectivity index (χ0v) is 18.4. The number of hydrogen-bond acceptors (Lipinski definition) is 6. The first kappa shape index (κ1) is 20.9. The Kier molecular flexibility index (Phi) is 6.51. The van der Waals surface area contributed by atoms with Gasteiger partial charge in [0.2, 0.25) is 5.91 Å². The van der Waals surface area contributed by atoms with Crippen molar-refractivity contribution in [2.45, 2.75) is 17.6 Å². The average Bonchev–Trinajstić information content (AvgIpc) is 3.26. The molecule has 3 aromatic rings. The summed E-state index contributed by atoms with van der Waals surface area (Å²) in [6, 6.07) is 11.2. The van der Waals surface area contributed by atoms with Gasteiger partial charge in [0.25, 0.3) is 10.0 Å². The molecule has 0 aliphatic rings. The van der Waals surface area contributed by atoms with Crippen LogP contribution >= 0.6 is 34.3 Å². The van der Waals surface area contributed by atoms with E-state index >= 15 is 0 Å². The van der Waals surface area contributed by atoms with Gasteiger partial charge in [0.05, 0.1) is 10.9 Å². The number of thiazole rings is 1. The number of aromatic nitrogens is 1. The van der Waals surface area contributed by atoms with Crippen LogP contribution in [0.15, 0.2) is 46.8 Å². The predicted octanol–water partition coefficient (Wildman–Crippen LogP) is 4.02. The van der Waals surface area contributed by atoms with Crippen molar-refractivity contribution in [3.8, 4) is 0 Å². The number of likely N-dealkylation sites (N-methyl/N-ethyl adjacent to an activating group) is 1. The van der Waals surface area contributed by atoms with E-state index in [0.717, 1.165) is 32.5 Å². The average molecular weight is 456 g/mol. The molecule has 0 unspecified atom stereocenters. The number of thiophene rings is 1. The molecular formula is C18H18ClN3O3S3. The minimum atomic E-state index is -3.75. The Balaban J connectivity index is 1.59. The highest BCUT2D eigenvalue weighted by Gasteiger charge is 2.25. The van der Waals surface area contributed by atoms with Gasteiger partial charge in [-0.15, -0.1) is 22.7 Å². The van der Waals surface area contributed by atoms with Crippen LogP contribution in [0.2, 0.25) is 4.34 Å². The lowest BCUT2D eigenvalue weighted by atomic mass is 10.1. The fourth-order valence-corrected chi connectivity index (χ4v) is 6.07. The number of benzene rings is 1. The highest BCUT2D eigenvalue weighted by Crippen LogP contribution is 2.27. The summed E-state index contributed by atoms with van der Waals surface area (Å²) < 4.78 is 26.4. The van der Waals surface area contributed by atoms with Crippen LogP contribution in [0.5, 0.6) is 0 Å². The van der Waals surface area contributed by atoms with Crippen molar-refractivity contribution >= 4 is 55.3 Å². The number of aryl methyl sites for hydroxylation is 1. The van der Waals surface area contributed by atoms with Crippen LogP contribution in [0.25, 0.3) is 0 Å². The molecule has 0 radical (unpaired) electrons. The highest BCUT2D eigenvalue weighted by molar-refractivity contribution is 7.91. The maximum atomic E-state index is 12.4. The fraction of sp³-hybridized carbons (Fsp3) is 0.222. The van der Waals surface area contributed by atoms with E-state index in [1.54, 1.807) is 6.20 Å². The van der Waals surface area contributed by atoms with E-state index in [9.17, 15) is 13.2 Å². The number of carbonyl (C=O) groups is 1. The van der Waals surface area contributed by atoms with E-state index in [0.29, 0.717) is 9.47 Å². The first-order valence-electron chi connectivity index (χ1n) is 8.26. The number of anilines is 1. The second-order valence-electron chi connectivity index (χ2n) is 6.16. The van der Waals surface area contributed by atoms with Crippen LogP contribution in [0.1, 0.15) is 16.0 Å². The summed E-state index contributed by atoms with van der Waals surface area (Å²) in [5.41, 5.74) is 2.36. The molecule has 0 aliphatic carbocycles. The number of nitrogens with zero attached hydrogens (tertiary/aromatic N) is 2. The molecule has 1 N–H and O–H groups in total. The molecule has 0 fully saturated rings. The molecule has 148 valence electrons. The molecule has 2 heterocycles. The zero-order chi connectivity index (χ0) is 20.3. The molecule has 2 aromatic heterocycles. The summed E-state index contributed by atoms with van der Waals surface area (Å²) in [5.74, 6) is -0.454.